The van der Waals surface area contributed by atoms with E-state index >= 15 is 0 Å². The molecular weight excluding hydrogens is 428 g/mol. The molecule has 0 aliphatic rings. The van der Waals surface area contributed by atoms with Crippen LogP contribution in [-0.4, -0.2) is 46.9 Å². The highest BCUT2D eigenvalue weighted by molar-refractivity contribution is 5.90. The van der Waals surface area contributed by atoms with Gasteiger partial charge in [0.15, 0.2) is 0 Å². The third-order valence-corrected chi connectivity index (χ3v) is 4.42. The van der Waals surface area contributed by atoms with E-state index in [2.05, 4.69) is 15.3 Å². The molecule has 10 nitrogen and oxygen atoms in total. The first-order valence-corrected chi connectivity index (χ1v) is 10.3. The lowest BCUT2D eigenvalue weighted by Gasteiger charge is -2.19. The van der Waals surface area contributed by atoms with Gasteiger partial charge in [-0.2, -0.15) is 0 Å². The molecule has 2 aromatic heterocycles. The monoisotopic (exact) mass is 454 g/mol. The third-order valence-electron chi connectivity index (χ3n) is 4.42. The van der Waals surface area contributed by atoms with Gasteiger partial charge in [0, 0.05) is 24.3 Å². The van der Waals surface area contributed by atoms with E-state index in [9.17, 15) is 14.9 Å². The van der Waals surface area contributed by atoms with Crippen LogP contribution >= 0.6 is 0 Å². The zero-order valence-corrected chi connectivity index (χ0v) is 19.0. The Kier molecular flexibility index (Phi) is 7.39. The Morgan fingerprint density at radius 1 is 1.15 bits per heavy atom. The molecule has 1 N–H and O–H groups in total. The van der Waals surface area contributed by atoms with Crippen molar-refractivity contribution in [3.63, 3.8) is 0 Å². The predicted octanol–water partition coefficient (Wildman–Crippen LogP) is 4.25. The van der Waals surface area contributed by atoms with E-state index in [0.717, 1.165) is 0 Å². The predicted molar refractivity (Wildman–Crippen MR) is 122 cm³/mol. The summed E-state index contributed by atoms with van der Waals surface area (Å²) in [6.45, 7) is 6.16. The fraction of sp³-hybridized carbons (Fsp3) is 0.348. The molecule has 0 bridgehead atoms. The van der Waals surface area contributed by atoms with Crippen LogP contribution in [0.5, 0.6) is 5.75 Å². The number of benzene rings is 1. The molecule has 0 aliphatic carbocycles. The quantitative estimate of drug-likeness (QED) is 0.304. The Morgan fingerprint density at radius 3 is 2.64 bits per heavy atom. The van der Waals surface area contributed by atoms with Gasteiger partial charge in [0.2, 0.25) is 0 Å². The summed E-state index contributed by atoms with van der Waals surface area (Å²) in [7, 11) is 1.55. The number of amides is 1. The SMILES string of the molecule is COCCOc1cc([N+](=O)[O-])c2nc(-c3ccnc(CNC(=O)OC(C)(C)C)c3)ccc2c1. The number of nitro benzene ring substituents is 1. The summed E-state index contributed by atoms with van der Waals surface area (Å²) >= 11 is 0. The zero-order chi connectivity index (χ0) is 24.0. The number of fused-ring (bicyclic) bond motifs is 1. The molecule has 0 spiro atoms. The van der Waals surface area contributed by atoms with Crippen LogP contribution in [0.3, 0.4) is 0 Å². The first kappa shape index (κ1) is 23.9. The molecule has 0 fully saturated rings. The summed E-state index contributed by atoms with van der Waals surface area (Å²) in [4.78, 5) is 31.9. The second-order valence-electron chi connectivity index (χ2n) is 8.20. The average molecular weight is 454 g/mol. The molecule has 2 heterocycles. The number of carbonyl (C=O) groups excluding carboxylic acids is 1. The number of pyridine rings is 2. The summed E-state index contributed by atoms with van der Waals surface area (Å²) in [6, 6.07) is 10.1. The zero-order valence-electron chi connectivity index (χ0n) is 19.0. The van der Waals surface area contributed by atoms with Crippen molar-refractivity contribution in [1.82, 2.24) is 15.3 Å². The van der Waals surface area contributed by atoms with Gasteiger partial charge in [-0.1, -0.05) is 6.07 Å². The lowest BCUT2D eigenvalue weighted by Crippen LogP contribution is -2.32. The molecule has 174 valence electrons. The fourth-order valence-corrected chi connectivity index (χ4v) is 3.03. The number of hydrogen-bond acceptors (Lipinski definition) is 8. The van der Waals surface area contributed by atoms with Gasteiger partial charge in [-0.05, 0) is 45.0 Å². The highest BCUT2D eigenvalue weighted by atomic mass is 16.6. The largest absolute Gasteiger partial charge is 0.491 e. The lowest BCUT2D eigenvalue weighted by molar-refractivity contribution is -0.383. The van der Waals surface area contributed by atoms with Crippen molar-refractivity contribution >= 4 is 22.7 Å². The standard InChI is InChI=1S/C23H26N4O6/c1-23(2,3)33-22(28)25-14-17-11-15(7-8-24-17)19-6-5-16-12-18(32-10-9-31-4)13-20(27(29)30)21(16)26-19/h5-8,11-13H,9-10,14H2,1-4H3,(H,25,28). The van der Waals surface area contributed by atoms with Gasteiger partial charge in [-0.25, -0.2) is 9.78 Å². The lowest BCUT2D eigenvalue weighted by atomic mass is 10.1. The van der Waals surface area contributed by atoms with E-state index < -0.39 is 16.6 Å². The minimum atomic E-state index is -0.599. The van der Waals surface area contributed by atoms with Gasteiger partial charge >= 0.3 is 6.09 Å². The topological polar surface area (TPSA) is 126 Å². The summed E-state index contributed by atoms with van der Waals surface area (Å²) in [6.07, 6.45) is 1.05. The van der Waals surface area contributed by atoms with Crippen LogP contribution in [0.1, 0.15) is 26.5 Å². The second-order valence-corrected chi connectivity index (χ2v) is 8.20. The number of aromatic nitrogens is 2. The van der Waals surface area contributed by atoms with Crippen molar-refractivity contribution in [2.45, 2.75) is 32.9 Å². The van der Waals surface area contributed by atoms with Gasteiger partial charge in [0.1, 0.15) is 23.5 Å². The van der Waals surface area contributed by atoms with Gasteiger partial charge < -0.3 is 19.5 Å². The highest BCUT2D eigenvalue weighted by Gasteiger charge is 2.18. The molecule has 3 rings (SSSR count). The summed E-state index contributed by atoms with van der Waals surface area (Å²) in [5.74, 6) is 0.375. The number of nitro groups is 1. The number of non-ortho nitro benzene ring substituents is 1. The van der Waals surface area contributed by atoms with Gasteiger partial charge in [0.05, 0.1) is 35.5 Å². The minimum Gasteiger partial charge on any atom is -0.491 e. The third kappa shape index (κ3) is 6.59. The number of nitrogens with one attached hydrogen (secondary N) is 1. The average Bonchev–Trinajstić information content (AvgIpc) is 2.76. The van der Waals surface area contributed by atoms with Crippen molar-refractivity contribution in [3.8, 4) is 17.0 Å². The van der Waals surface area contributed by atoms with E-state index in [0.29, 0.717) is 34.7 Å². The molecule has 1 amide bonds. The Labute approximate surface area is 191 Å². The Bertz CT molecular complexity index is 1160. The highest BCUT2D eigenvalue weighted by Crippen LogP contribution is 2.32. The Hall–Kier alpha value is -3.79. The number of methoxy groups -OCH3 is 1. The van der Waals surface area contributed by atoms with Crippen LogP contribution in [0.2, 0.25) is 0 Å². The molecule has 0 saturated carbocycles. The number of alkyl carbamates (subject to hydrolysis) is 1. The van der Waals surface area contributed by atoms with E-state index in [4.69, 9.17) is 14.2 Å². The first-order valence-electron chi connectivity index (χ1n) is 10.3. The van der Waals surface area contributed by atoms with E-state index in [1.165, 1.54) is 6.07 Å². The second kappa shape index (κ2) is 10.2. The number of rotatable bonds is 8. The van der Waals surface area contributed by atoms with E-state index in [1.54, 1.807) is 64.4 Å². The smallest absolute Gasteiger partial charge is 0.407 e. The molecule has 0 atom stereocenters. The maximum Gasteiger partial charge on any atom is 0.407 e. The van der Waals surface area contributed by atoms with Gasteiger partial charge in [-0.3, -0.25) is 15.1 Å². The summed E-state index contributed by atoms with van der Waals surface area (Å²) < 4.78 is 15.7. The van der Waals surface area contributed by atoms with Crippen LogP contribution in [0.4, 0.5) is 10.5 Å². The van der Waals surface area contributed by atoms with Crippen LogP contribution in [-0.2, 0) is 16.0 Å². The fourth-order valence-electron chi connectivity index (χ4n) is 3.03. The van der Waals surface area contributed by atoms with Crippen LogP contribution in [0.25, 0.3) is 22.2 Å². The van der Waals surface area contributed by atoms with Crippen molar-refractivity contribution in [3.05, 3.63) is 58.4 Å². The van der Waals surface area contributed by atoms with E-state index in [1.807, 2.05) is 0 Å². The molecule has 0 unspecified atom stereocenters. The van der Waals surface area contributed by atoms with Crippen molar-refractivity contribution in [1.29, 1.82) is 0 Å². The van der Waals surface area contributed by atoms with Crippen LogP contribution in [0.15, 0.2) is 42.6 Å². The Morgan fingerprint density at radius 2 is 1.94 bits per heavy atom. The first-order chi connectivity index (χ1) is 15.7. The minimum absolute atomic E-state index is 0.150. The van der Waals surface area contributed by atoms with Crippen LogP contribution in [0, 0.1) is 10.1 Å². The Balaban J connectivity index is 1.86. The number of carbonyl (C=O) groups is 1. The molecule has 10 heteroatoms. The summed E-state index contributed by atoms with van der Waals surface area (Å²) in [5, 5.41) is 14.9. The molecule has 0 saturated heterocycles. The normalized spacial score (nSPS) is 11.3. The van der Waals surface area contributed by atoms with Crippen molar-refractivity contribution < 1.29 is 23.9 Å². The molecular formula is C23H26N4O6. The van der Waals surface area contributed by atoms with Gasteiger partial charge in [-0.15, -0.1) is 0 Å². The number of nitrogens with zero attached hydrogens (tertiary/aromatic N) is 3. The number of hydrogen-bond donors (Lipinski definition) is 1. The maximum atomic E-state index is 11.9. The van der Waals surface area contributed by atoms with Crippen molar-refractivity contribution in [2.24, 2.45) is 0 Å². The summed E-state index contributed by atoms with van der Waals surface area (Å²) in [5.41, 5.74) is 1.35. The number of ether oxygens (including phenoxy) is 3. The molecule has 3 aromatic rings. The van der Waals surface area contributed by atoms with Gasteiger partial charge in [0.25, 0.3) is 5.69 Å². The van der Waals surface area contributed by atoms with Crippen molar-refractivity contribution in [2.75, 3.05) is 20.3 Å². The molecule has 33 heavy (non-hydrogen) atoms. The van der Waals surface area contributed by atoms with Crippen LogP contribution < -0.4 is 10.1 Å². The molecule has 1 aromatic carbocycles. The van der Waals surface area contributed by atoms with E-state index in [-0.39, 0.29) is 24.4 Å². The maximum absolute atomic E-state index is 11.9. The molecule has 0 aliphatic heterocycles. The molecule has 0 radical (unpaired) electrons.